The molecule has 7 heteroatoms. The van der Waals surface area contributed by atoms with Crippen molar-refractivity contribution in [2.24, 2.45) is 0 Å². The lowest BCUT2D eigenvalue weighted by Gasteiger charge is -2.31. The zero-order chi connectivity index (χ0) is 11.4. The first-order chi connectivity index (χ1) is 7.00. The summed E-state index contributed by atoms with van der Waals surface area (Å²) >= 11 is 0. The number of hydrogen-bond donors (Lipinski definition) is 3. The highest BCUT2D eigenvalue weighted by molar-refractivity contribution is 7.69. The molecule has 6 nitrogen and oxygen atoms in total. The second-order valence-corrected chi connectivity index (χ2v) is 4.87. The van der Waals surface area contributed by atoms with Gasteiger partial charge in [0.25, 0.3) is 0 Å². The molecule has 1 fully saturated rings. The lowest BCUT2D eigenvalue weighted by molar-refractivity contribution is 0.180. The molecule has 1 aliphatic carbocycles. The van der Waals surface area contributed by atoms with E-state index in [0.29, 0.717) is 25.7 Å². The quantitative estimate of drug-likeness (QED) is 0.603. The second-order valence-electron chi connectivity index (χ2n) is 3.77. The van der Waals surface area contributed by atoms with Gasteiger partial charge in [-0.25, -0.2) is 17.5 Å². The maximum atomic E-state index is 10.7. The number of nitrogens with zero attached hydrogens (tertiary/aromatic N) is 1. The number of thiol groups is 1. The Labute approximate surface area is 90.3 Å². The lowest BCUT2D eigenvalue weighted by Crippen LogP contribution is -2.41. The molecule has 0 bridgehead atoms. The molecule has 1 aliphatic rings. The Morgan fingerprint density at radius 3 is 2.27 bits per heavy atom. The van der Waals surface area contributed by atoms with Crippen LogP contribution in [0.2, 0.25) is 0 Å². The van der Waals surface area contributed by atoms with E-state index in [0.717, 1.165) is 0 Å². The van der Waals surface area contributed by atoms with Crippen molar-refractivity contribution in [1.82, 2.24) is 9.62 Å². The summed E-state index contributed by atoms with van der Waals surface area (Å²) in [5.41, 5.74) is 0. The molecule has 0 radical (unpaired) electrons. The van der Waals surface area contributed by atoms with E-state index in [4.69, 9.17) is 5.11 Å². The normalized spacial score (nSPS) is 26.9. The molecule has 15 heavy (non-hydrogen) atoms. The molecule has 0 spiro atoms. The Bertz CT molecular complexity index is 289. The van der Waals surface area contributed by atoms with E-state index in [2.05, 4.69) is 5.32 Å². The van der Waals surface area contributed by atoms with Crippen LogP contribution >= 0.6 is 0 Å². The third-order valence-corrected chi connectivity index (χ3v) is 3.65. The first kappa shape index (κ1) is 12.3. The zero-order valence-corrected chi connectivity index (χ0v) is 9.44. The van der Waals surface area contributed by atoms with Crippen molar-refractivity contribution in [3.63, 3.8) is 0 Å². The molecule has 0 aromatic heterocycles. The maximum Gasteiger partial charge on any atom is 0.404 e. The van der Waals surface area contributed by atoms with Gasteiger partial charge in [-0.1, -0.05) is 0 Å². The van der Waals surface area contributed by atoms with Gasteiger partial charge >= 0.3 is 6.09 Å². The zero-order valence-electron chi connectivity index (χ0n) is 8.55. The average Bonchev–Trinajstić information content (AvgIpc) is 2.17. The predicted molar refractivity (Wildman–Crippen MR) is 55.3 cm³/mol. The minimum Gasteiger partial charge on any atom is -0.465 e. The van der Waals surface area contributed by atoms with E-state index in [1.165, 1.54) is 4.31 Å². The molecule has 0 atom stereocenters. The van der Waals surface area contributed by atoms with Crippen LogP contribution in [0.1, 0.15) is 25.7 Å². The van der Waals surface area contributed by atoms with Crippen molar-refractivity contribution in [3.05, 3.63) is 0 Å². The number of rotatable bonds is 3. The highest BCUT2D eigenvalue weighted by atomic mass is 32.2. The van der Waals surface area contributed by atoms with Gasteiger partial charge in [-0.2, -0.15) is 0 Å². The van der Waals surface area contributed by atoms with Crippen LogP contribution in [0.15, 0.2) is 0 Å². The summed E-state index contributed by atoms with van der Waals surface area (Å²) in [5.74, 6) is 0. The number of hydrogen-bond acceptors (Lipinski definition) is 3. The molecule has 1 amide bonds. The SMILES string of the molecule is CN(C1CCC(NC(=O)O)CC1)[SH](=O)=O. The Balaban J connectivity index is 2.38. The molecule has 0 unspecified atom stereocenters. The van der Waals surface area contributed by atoms with Crippen LogP contribution in [0.5, 0.6) is 0 Å². The summed E-state index contributed by atoms with van der Waals surface area (Å²) in [7, 11) is -0.962. The largest absolute Gasteiger partial charge is 0.465 e. The molecular formula is C8H16N2O4S. The van der Waals surface area contributed by atoms with Crippen molar-refractivity contribution in [2.75, 3.05) is 7.05 Å². The molecule has 0 aromatic rings. The van der Waals surface area contributed by atoms with Crippen molar-refractivity contribution in [1.29, 1.82) is 0 Å². The third-order valence-electron chi connectivity index (χ3n) is 2.81. The topological polar surface area (TPSA) is 86.7 Å². The number of carboxylic acid groups (broad SMARTS) is 1. The first-order valence-corrected chi connectivity index (χ1v) is 6.00. The van der Waals surface area contributed by atoms with Crippen LogP contribution < -0.4 is 5.32 Å². The summed E-state index contributed by atoms with van der Waals surface area (Å²) in [5, 5.41) is 10.9. The van der Waals surface area contributed by atoms with Gasteiger partial charge in [0.05, 0.1) is 0 Å². The summed E-state index contributed by atoms with van der Waals surface area (Å²) in [6.45, 7) is 0. The second kappa shape index (κ2) is 5.32. The highest BCUT2D eigenvalue weighted by Gasteiger charge is 2.25. The molecule has 1 saturated carbocycles. The van der Waals surface area contributed by atoms with E-state index in [9.17, 15) is 13.2 Å². The molecule has 0 saturated heterocycles. The Morgan fingerprint density at radius 1 is 1.33 bits per heavy atom. The average molecular weight is 236 g/mol. The minimum atomic E-state index is -2.52. The molecule has 0 aliphatic heterocycles. The van der Waals surface area contributed by atoms with Gasteiger partial charge in [0.1, 0.15) is 0 Å². The molecular weight excluding hydrogens is 220 g/mol. The van der Waals surface area contributed by atoms with E-state index in [-0.39, 0.29) is 12.1 Å². The van der Waals surface area contributed by atoms with Gasteiger partial charge in [0, 0.05) is 19.1 Å². The fourth-order valence-corrected chi connectivity index (χ4v) is 2.40. The van der Waals surface area contributed by atoms with E-state index < -0.39 is 17.0 Å². The van der Waals surface area contributed by atoms with Gasteiger partial charge in [0.2, 0.25) is 10.9 Å². The van der Waals surface area contributed by atoms with E-state index >= 15 is 0 Å². The Morgan fingerprint density at radius 2 is 1.87 bits per heavy atom. The maximum absolute atomic E-state index is 10.7. The summed E-state index contributed by atoms with van der Waals surface area (Å²) < 4.78 is 22.8. The molecule has 0 heterocycles. The van der Waals surface area contributed by atoms with Gasteiger partial charge in [0.15, 0.2) is 0 Å². The Hall–Kier alpha value is -0.820. The minimum absolute atomic E-state index is 0.0259. The highest BCUT2D eigenvalue weighted by Crippen LogP contribution is 2.22. The smallest absolute Gasteiger partial charge is 0.404 e. The van der Waals surface area contributed by atoms with Crippen LogP contribution in [0.4, 0.5) is 4.79 Å². The van der Waals surface area contributed by atoms with Crippen LogP contribution in [0.3, 0.4) is 0 Å². The van der Waals surface area contributed by atoms with Crippen LogP contribution in [-0.2, 0) is 10.9 Å². The van der Waals surface area contributed by atoms with Crippen LogP contribution in [-0.4, -0.2) is 43.1 Å². The fourth-order valence-electron chi connectivity index (χ4n) is 1.90. The number of carbonyl (C=O) groups is 1. The molecule has 0 aromatic carbocycles. The fraction of sp³-hybridized carbons (Fsp3) is 0.875. The summed E-state index contributed by atoms with van der Waals surface area (Å²) in [6, 6.07) is -0.00496. The Kier molecular flexibility index (Phi) is 4.34. The first-order valence-electron chi connectivity index (χ1n) is 4.87. The van der Waals surface area contributed by atoms with Gasteiger partial charge in [-0.05, 0) is 25.7 Å². The summed E-state index contributed by atoms with van der Waals surface area (Å²) in [6.07, 6.45) is 1.81. The molecule has 2 N–H and O–H groups in total. The predicted octanol–water partition coefficient (Wildman–Crippen LogP) is 0.0234. The monoisotopic (exact) mass is 236 g/mol. The van der Waals surface area contributed by atoms with Crippen molar-refractivity contribution < 1.29 is 18.3 Å². The summed E-state index contributed by atoms with van der Waals surface area (Å²) in [4.78, 5) is 10.4. The van der Waals surface area contributed by atoms with Crippen molar-refractivity contribution in [2.45, 2.75) is 37.8 Å². The number of nitrogens with one attached hydrogen (secondary N) is 1. The molecule has 1 rings (SSSR count). The van der Waals surface area contributed by atoms with Crippen molar-refractivity contribution >= 4 is 17.0 Å². The van der Waals surface area contributed by atoms with E-state index in [1.54, 1.807) is 7.05 Å². The van der Waals surface area contributed by atoms with Gasteiger partial charge in [-0.3, -0.25) is 0 Å². The number of amides is 1. The standard InChI is InChI=1S/C8H16N2O4S/c1-10(15(13)14)7-4-2-6(3-5-7)9-8(11)12/h6-7,9,15H,2-5H2,1H3,(H,11,12). The van der Waals surface area contributed by atoms with E-state index in [1.807, 2.05) is 0 Å². The van der Waals surface area contributed by atoms with Crippen LogP contribution in [0, 0.1) is 0 Å². The molecule has 88 valence electrons. The van der Waals surface area contributed by atoms with Gasteiger partial charge < -0.3 is 10.4 Å². The lowest BCUT2D eigenvalue weighted by atomic mass is 9.91. The van der Waals surface area contributed by atoms with Crippen LogP contribution in [0.25, 0.3) is 0 Å². The van der Waals surface area contributed by atoms with Gasteiger partial charge in [-0.15, -0.1) is 0 Å². The van der Waals surface area contributed by atoms with Crippen molar-refractivity contribution in [3.8, 4) is 0 Å². The third kappa shape index (κ3) is 3.67.